The quantitative estimate of drug-likeness (QED) is 0.123. The number of hydrazone groups is 1. The van der Waals surface area contributed by atoms with Crippen molar-refractivity contribution in [1.82, 2.24) is 25.2 Å². The van der Waals surface area contributed by atoms with Crippen LogP contribution in [0.5, 0.6) is 5.75 Å². The average Bonchev–Trinajstić information content (AvgIpc) is 3.56. The Morgan fingerprint density at radius 3 is 2.61 bits per heavy atom. The normalized spacial score (nSPS) is 17.3. The fraction of sp³-hybridized carbons (Fsp3) is 0.405. The molecule has 1 saturated heterocycles. The molecule has 2 aromatic heterocycles. The van der Waals surface area contributed by atoms with Gasteiger partial charge < -0.3 is 19.9 Å². The van der Waals surface area contributed by atoms with Gasteiger partial charge in [0.2, 0.25) is 11.9 Å². The minimum atomic E-state index is -0.951. The minimum absolute atomic E-state index is 0.0269. The number of rotatable bonds is 14. The van der Waals surface area contributed by atoms with Crippen LogP contribution in [0.3, 0.4) is 0 Å². The van der Waals surface area contributed by atoms with Crippen LogP contribution < -0.4 is 10.1 Å². The molecule has 2 N–H and O–H groups in total. The zero-order valence-corrected chi connectivity index (χ0v) is 28.4. The van der Waals surface area contributed by atoms with Crippen LogP contribution in [-0.2, 0) is 9.53 Å². The highest BCUT2D eigenvalue weighted by Gasteiger charge is 2.34. The van der Waals surface area contributed by atoms with Crippen LogP contribution in [0.25, 0.3) is 22.0 Å². The third-order valence-corrected chi connectivity index (χ3v) is 9.21. The van der Waals surface area contributed by atoms with Gasteiger partial charge in [0.05, 0.1) is 37.1 Å². The topological polar surface area (TPSA) is 112 Å². The van der Waals surface area contributed by atoms with Crippen molar-refractivity contribution in [2.75, 3.05) is 46.0 Å². The van der Waals surface area contributed by atoms with Crippen LogP contribution in [0.15, 0.2) is 72.0 Å². The molecule has 2 aromatic carbocycles. The second kappa shape index (κ2) is 16.5. The highest BCUT2D eigenvalue weighted by Crippen LogP contribution is 2.39. The first-order valence-corrected chi connectivity index (χ1v) is 17.3. The Morgan fingerprint density at radius 2 is 1.86 bits per heavy atom. The molecule has 0 saturated carbocycles. The van der Waals surface area contributed by atoms with E-state index in [1.165, 1.54) is 12.3 Å². The SMILES string of the molecule is CCOc1ccc2cc(C3CC(c4ccc(-c5ccc(F)nc5)cc4)=NN3C(O)CCCC(=O)NCCCN3CCOCC3)c(Cl)nc2c1. The molecule has 258 valence electrons. The Bertz CT molecular complexity index is 1750. The second-order valence-electron chi connectivity index (χ2n) is 12.3. The van der Waals surface area contributed by atoms with E-state index in [9.17, 15) is 14.3 Å². The number of amides is 1. The summed E-state index contributed by atoms with van der Waals surface area (Å²) in [5.41, 5.74) is 4.85. The largest absolute Gasteiger partial charge is 0.494 e. The van der Waals surface area contributed by atoms with Gasteiger partial charge in [-0.25, -0.2) is 9.97 Å². The van der Waals surface area contributed by atoms with Crippen molar-refractivity contribution in [3.63, 3.8) is 0 Å². The zero-order chi connectivity index (χ0) is 34.2. The number of aromatic nitrogens is 2. The van der Waals surface area contributed by atoms with Crippen LogP contribution in [0.4, 0.5) is 4.39 Å². The fourth-order valence-corrected chi connectivity index (χ4v) is 6.55. The van der Waals surface area contributed by atoms with Gasteiger partial charge in [-0.2, -0.15) is 9.49 Å². The number of aliphatic hydroxyl groups excluding tert-OH is 1. The van der Waals surface area contributed by atoms with Gasteiger partial charge in [-0.1, -0.05) is 35.9 Å². The molecule has 6 rings (SSSR count). The smallest absolute Gasteiger partial charge is 0.219 e. The van der Waals surface area contributed by atoms with Crippen LogP contribution in [0, 0.1) is 5.95 Å². The zero-order valence-electron chi connectivity index (χ0n) is 27.7. The number of pyridine rings is 2. The number of nitrogens with one attached hydrogen (secondary N) is 1. The molecule has 0 bridgehead atoms. The maximum atomic E-state index is 13.4. The van der Waals surface area contributed by atoms with E-state index in [2.05, 4.69) is 20.2 Å². The van der Waals surface area contributed by atoms with Crippen molar-refractivity contribution in [2.45, 2.75) is 51.3 Å². The monoisotopic (exact) mass is 688 g/mol. The third kappa shape index (κ3) is 8.90. The van der Waals surface area contributed by atoms with Gasteiger partial charge in [0.15, 0.2) is 0 Å². The number of halogens is 2. The van der Waals surface area contributed by atoms with E-state index in [4.69, 9.17) is 26.2 Å². The predicted molar refractivity (Wildman–Crippen MR) is 188 cm³/mol. The van der Waals surface area contributed by atoms with E-state index in [1.807, 2.05) is 55.5 Å². The van der Waals surface area contributed by atoms with E-state index in [-0.39, 0.29) is 11.9 Å². The summed E-state index contributed by atoms with van der Waals surface area (Å²) in [4.78, 5) is 23.4. The number of hydrogen-bond acceptors (Lipinski definition) is 9. The van der Waals surface area contributed by atoms with Crippen molar-refractivity contribution in [2.24, 2.45) is 5.10 Å². The molecule has 4 aromatic rings. The molecule has 2 aliphatic heterocycles. The Hall–Kier alpha value is -4.16. The first kappa shape index (κ1) is 34.7. The first-order valence-electron chi connectivity index (χ1n) is 16.9. The fourth-order valence-electron chi connectivity index (χ4n) is 6.28. The Balaban J connectivity index is 1.15. The van der Waals surface area contributed by atoms with Gasteiger partial charge in [0.25, 0.3) is 0 Å². The molecular formula is C37H42ClFN6O4. The van der Waals surface area contributed by atoms with Crippen molar-refractivity contribution in [3.8, 4) is 16.9 Å². The van der Waals surface area contributed by atoms with Gasteiger partial charge in [-0.15, -0.1) is 0 Å². The number of nitrogens with zero attached hydrogens (tertiary/aromatic N) is 5. The Morgan fingerprint density at radius 1 is 1.08 bits per heavy atom. The minimum Gasteiger partial charge on any atom is -0.494 e. The maximum Gasteiger partial charge on any atom is 0.219 e. The molecule has 1 amide bonds. The number of morpholine rings is 1. The lowest BCUT2D eigenvalue weighted by atomic mass is 9.97. The molecule has 2 unspecified atom stereocenters. The van der Waals surface area contributed by atoms with E-state index < -0.39 is 12.2 Å². The molecule has 12 heteroatoms. The highest BCUT2D eigenvalue weighted by atomic mass is 35.5. The van der Waals surface area contributed by atoms with Crippen LogP contribution in [0.1, 0.15) is 56.2 Å². The summed E-state index contributed by atoms with van der Waals surface area (Å²) < 4.78 is 24.4. The Labute approximate surface area is 290 Å². The van der Waals surface area contributed by atoms with E-state index in [0.717, 1.165) is 78.4 Å². The molecule has 2 atom stereocenters. The van der Waals surface area contributed by atoms with Gasteiger partial charge >= 0.3 is 0 Å². The number of aliphatic hydroxyl groups is 1. The molecule has 10 nitrogen and oxygen atoms in total. The molecule has 1 fully saturated rings. The molecule has 4 heterocycles. The van der Waals surface area contributed by atoms with E-state index in [1.54, 1.807) is 11.1 Å². The third-order valence-electron chi connectivity index (χ3n) is 8.91. The average molecular weight is 689 g/mol. The molecule has 49 heavy (non-hydrogen) atoms. The number of carbonyl (C=O) groups excluding carboxylic acids is 1. The molecule has 0 radical (unpaired) electrons. The second-order valence-corrected chi connectivity index (χ2v) is 12.6. The summed E-state index contributed by atoms with van der Waals surface area (Å²) in [7, 11) is 0. The van der Waals surface area contributed by atoms with Crippen LogP contribution >= 0.6 is 11.6 Å². The first-order chi connectivity index (χ1) is 23.9. The lowest BCUT2D eigenvalue weighted by molar-refractivity contribution is -0.121. The highest BCUT2D eigenvalue weighted by molar-refractivity contribution is 6.30. The maximum absolute atomic E-state index is 13.4. The van der Waals surface area contributed by atoms with Gasteiger partial charge in [0, 0.05) is 61.3 Å². The summed E-state index contributed by atoms with van der Waals surface area (Å²) in [6.45, 7) is 7.42. The summed E-state index contributed by atoms with van der Waals surface area (Å²) in [6, 6.07) is 18.2. The van der Waals surface area contributed by atoms with E-state index in [0.29, 0.717) is 49.5 Å². The summed E-state index contributed by atoms with van der Waals surface area (Å²) in [6.07, 6.45) is 3.08. The molecular weight excluding hydrogens is 647 g/mol. The number of hydrogen-bond donors (Lipinski definition) is 2. The standard InChI is InChI=1S/C37H42ClFN6O4/c1-2-49-29-13-11-27-21-30(37(38)42-31(27)22-29)33-23-32(26-9-7-25(8-10-26)28-12-14-34(39)41-24-28)43-45(33)36(47)6-3-5-35(46)40-15-4-16-44-17-19-48-20-18-44/h7-14,21-22,24,33,36,47H,2-6,15-20,23H2,1H3,(H,40,46). The number of ether oxygens (including phenoxy) is 2. The van der Waals surface area contributed by atoms with Crippen molar-refractivity contribution >= 4 is 34.1 Å². The van der Waals surface area contributed by atoms with Crippen LogP contribution in [0.2, 0.25) is 5.15 Å². The number of carbonyl (C=O) groups is 1. The lowest BCUT2D eigenvalue weighted by Crippen LogP contribution is -2.38. The van der Waals surface area contributed by atoms with Gasteiger partial charge in [-0.3, -0.25) is 14.7 Å². The van der Waals surface area contributed by atoms with Crippen molar-refractivity contribution in [3.05, 3.63) is 89.1 Å². The van der Waals surface area contributed by atoms with Crippen LogP contribution in [-0.4, -0.2) is 88.8 Å². The van der Waals surface area contributed by atoms with Crippen molar-refractivity contribution in [1.29, 1.82) is 0 Å². The summed E-state index contributed by atoms with van der Waals surface area (Å²) >= 11 is 6.83. The van der Waals surface area contributed by atoms with Crippen molar-refractivity contribution < 1.29 is 23.8 Å². The van der Waals surface area contributed by atoms with Gasteiger partial charge in [0.1, 0.15) is 17.1 Å². The number of fused-ring (bicyclic) bond motifs is 1. The summed E-state index contributed by atoms with van der Waals surface area (Å²) in [5.74, 6) is 0.166. The van der Waals surface area contributed by atoms with Gasteiger partial charge in [-0.05, 0) is 74.2 Å². The lowest BCUT2D eigenvalue weighted by Gasteiger charge is -2.29. The molecule has 0 spiro atoms. The Kier molecular flexibility index (Phi) is 11.7. The number of benzene rings is 2. The molecule has 0 aliphatic carbocycles. The molecule has 2 aliphatic rings. The summed E-state index contributed by atoms with van der Waals surface area (Å²) in [5, 5.41) is 22.3. The van der Waals surface area contributed by atoms with E-state index >= 15 is 0 Å². The predicted octanol–water partition coefficient (Wildman–Crippen LogP) is 5.97.